The van der Waals surface area contributed by atoms with Gasteiger partial charge in [-0.2, -0.15) is 26.3 Å². The molecule has 0 atom stereocenters. The fourth-order valence-electron chi connectivity index (χ4n) is 4.19. The fraction of sp³-hybridized carbons (Fsp3) is 0.333. The summed E-state index contributed by atoms with van der Waals surface area (Å²) < 4.78 is 76.4. The summed E-state index contributed by atoms with van der Waals surface area (Å²) in [6, 6.07) is 2.15. The Balaban J connectivity index is 1.91. The Morgan fingerprint density at radius 1 is 0.706 bits per heavy atom. The van der Waals surface area contributed by atoms with Gasteiger partial charge in [-0.05, 0) is 24.6 Å². The van der Waals surface area contributed by atoms with Gasteiger partial charge in [-0.1, -0.05) is 11.6 Å². The van der Waals surface area contributed by atoms with Crippen molar-refractivity contribution in [3.8, 4) is 0 Å². The molecule has 4 amide bonds. The lowest BCUT2D eigenvalue weighted by molar-refractivity contribution is -0.136. The van der Waals surface area contributed by atoms with E-state index in [9.17, 15) is 45.5 Å². The van der Waals surface area contributed by atoms with Gasteiger partial charge in [0.05, 0.1) is 34.6 Å². The number of rotatable bonds is 4. The van der Waals surface area contributed by atoms with E-state index in [0.29, 0.717) is 9.80 Å². The number of nitrogens with zero attached hydrogens (tertiary/aromatic N) is 2. The average molecular weight is 507 g/mol. The van der Waals surface area contributed by atoms with Crippen LogP contribution in [0.5, 0.6) is 0 Å². The molecule has 180 valence electrons. The lowest BCUT2D eigenvalue weighted by Gasteiger charge is -2.33. The van der Waals surface area contributed by atoms with Crippen LogP contribution in [0.15, 0.2) is 12.1 Å². The van der Waals surface area contributed by atoms with Gasteiger partial charge < -0.3 is 0 Å². The van der Waals surface area contributed by atoms with Crippen LogP contribution in [0.1, 0.15) is 59.8 Å². The normalized spacial score (nSPS) is 16.2. The van der Waals surface area contributed by atoms with Crippen LogP contribution in [0.2, 0.25) is 5.02 Å². The smallest absolute Gasteiger partial charge is 0.274 e. The van der Waals surface area contributed by atoms with Crippen molar-refractivity contribution in [3.63, 3.8) is 0 Å². The van der Waals surface area contributed by atoms with Gasteiger partial charge in [0.15, 0.2) is 0 Å². The summed E-state index contributed by atoms with van der Waals surface area (Å²) >= 11 is 6.20. The predicted molar refractivity (Wildman–Crippen MR) is 106 cm³/mol. The highest BCUT2D eigenvalue weighted by atomic mass is 35.5. The van der Waals surface area contributed by atoms with Crippen molar-refractivity contribution in [2.75, 3.05) is 13.1 Å². The minimum Gasteiger partial charge on any atom is -0.274 e. The summed E-state index contributed by atoms with van der Waals surface area (Å²) in [7, 11) is 0. The average Bonchev–Trinajstić information content (AvgIpc) is 2.69. The van der Waals surface area contributed by atoms with Crippen LogP contribution >= 0.6 is 11.6 Å². The second-order valence-electron chi connectivity index (χ2n) is 7.90. The molecule has 0 aromatic heterocycles. The van der Waals surface area contributed by atoms with Gasteiger partial charge in [-0.25, -0.2) is 0 Å². The van der Waals surface area contributed by atoms with E-state index in [-0.39, 0.29) is 43.6 Å². The Labute approximate surface area is 192 Å². The van der Waals surface area contributed by atoms with Gasteiger partial charge in [0, 0.05) is 29.4 Å². The van der Waals surface area contributed by atoms with Crippen LogP contribution < -0.4 is 0 Å². The first-order chi connectivity index (χ1) is 15.6. The molecule has 0 unspecified atom stereocenters. The number of imide groups is 2. The quantitative estimate of drug-likeness (QED) is 0.437. The number of carbonyl (C=O) groups is 4. The zero-order valence-corrected chi connectivity index (χ0v) is 17.9. The van der Waals surface area contributed by atoms with Crippen LogP contribution in [0, 0.1) is 6.92 Å². The number of hydrogen-bond donors (Lipinski definition) is 0. The molecule has 2 aliphatic rings. The number of halogens is 7. The molecule has 0 spiro atoms. The van der Waals surface area contributed by atoms with Gasteiger partial charge >= 0.3 is 12.4 Å². The van der Waals surface area contributed by atoms with Gasteiger partial charge in [-0.3, -0.25) is 29.0 Å². The third kappa shape index (κ3) is 3.79. The highest BCUT2D eigenvalue weighted by Crippen LogP contribution is 2.43. The summed E-state index contributed by atoms with van der Waals surface area (Å²) in [5.74, 6) is -4.33. The van der Waals surface area contributed by atoms with E-state index in [0.717, 1.165) is 6.07 Å². The molecule has 4 rings (SSSR count). The Morgan fingerprint density at radius 3 is 1.65 bits per heavy atom. The molecule has 0 radical (unpaired) electrons. The predicted octanol–water partition coefficient (Wildman–Crippen LogP) is 4.90. The maximum Gasteiger partial charge on any atom is 0.390 e. The van der Waals surface area contributed by atoms with Gasteiger partial charge in [0.2, 0.25) is 0 Å². The van der Waals surface area contributed by atoms with Crippen molar-refractivity contribution in [2.24, 2.45) is 0 Å². The SMILES string of the molecule is Cc1cc2c3c(cc(Cl)c4c3c1C(=O)N(CCC(F)(F)F)C4=O)C(=O)N(CCC(F)(F)F)C2=O. The minimum absolute atomic E-state index is 0.0879. The maximum absolute atomic E-state index is 13.0. The van der Waals surface area contributed by atoms with Gasteiger partial charge in [-0.15, -0.1) is 0 Å². The summed E-state index contributed by atoms with van der Waals surface area (Å²) in [5.41, 5.74) is -0.971. The summed E-state index contributed by atoms with van der Waals surface area (Å²) in [6.07, 6.45) is -12.2. The molecule has 34 heavy (non-hydrogen) atoms. The molecular weight excluding hydrogens is 494 g/mol. The lowest BCUT2D eigenvalue weighted by atomic mass is 9.83. The van der Waals surface area contributed by atoms with Crippen LogP contribution in [0.3, 0.4) is 0 Å². The third-order valence-electron chi connectivity index (χ3n) is 5.66. The second-order valence-corrected chi connectivity index (χ2v) is 8.31. The molecule has 0 saturated carbocycles. The highest BCUT2D eigenvalue weighted by Gasteiger charge is 2.43. The zero-order chi connectivity index (χ0) is 25.3. The Hall–Kier alpha value is -3.15. The monoisotopic (exact) mass is 506 g/mol. The molecule has 6 nitrogen and oxygen atoms in total. The van der Waals surface area contributed by atoms with Gasteiger partial charge in [0.25, 0.3) is 23.6 Å². The molecule has 2 aromatic carbocycles. The number of amides is 4. The molecule has 0 aliphatic carbocycles. The molecule has 2 aromatic rings. The van der Waals surface area contributed by atoms with Crippen LogP contribution in [0.25, 0.3) is 10.8 Å². The van der Waals surface area contributed by atoms with E-state index in [1.54, 1.807) is 0 Å². The maximum atomic E-state index is 13.0. The summed E-state index contributed by atoms with van der Waals surface area (Å²) in [4.78, 5) is 52.7. The van der Waals surface area contributed by atoms with Crippen molar-refractivity contribution < 1.29 is 45.5 Å². The van der Waals surface area contributed by atoms with Crippen LogP contribution in [-0.4, -0.2) is 58.9 Å². The molecule has 0 fully saturated rings. The van der Waals surface area contributed by atoms with Crippen molar-refractivity contribution >= 4 is 46.0 Å². The van der Waals surface area contributed by atoms with E-state index in [1.165, 1.54) is 13.0 Å². The van der Waals surface area contributed by atoms with Crippen molar-refractivity contribution in [3.05, 3.63) is 45.0 Å². The number of aryl methyl sites for hydroxylation is 1. The molecule has 0 bridgehead atoms. The first-order valence-corrected chi connectivity index (χ1v) is 10.2. The van der Waals surface area contributed by atoms with Gasteiger partial charge in [0.1, 0.15) is 0 Å². The number of hydrogen-bond acceptors (Lipinski definition) is 4. The van der Waals surface area contributed by atoms with E-state index in [2.05, 4.69) is 0 Å². The largest absolute Gasteiger partial charge is 0.390 e. The minimum atomic E-state index is -4.65. The third-order valence-corrected chi connectivity index (χ3v) is 5.96. The van der Waals surface area contributed by atoms with Crippen LogP contribution in [-0.2, 0) is 0 Å². The van der Waals surface area contributed by atoms with Crippen molar-refractivity contribution in [1.82, 2.24) is 9.80 Å². The highest BCUT2D eigenvalue weighted by molar-refractivity contribution is 6.41. The summed E-state index contributed by atoms with van der Waals surface area (Å²) in [6.45, 7) is -0.565. The second kappa shape index (κ2) is 7.69. The van der Waals surface area contributed by atoms with Crippen molar-refractivity contribution in [2.45, 2.75) is 32.1 Å². The number of carbonyl (C=O) groups excluding carboxylic acids is 4. The molecule has 0 N–H and O–H groups in total. The fourth-order valence-corrected chi connectivity index (χ4v) is 4.47. The van der Waals surface area contributed by atoms with E-state index >= 15 is 0 Å². The van der Waals surface area contributed by atoms with E-state index in [1.807, 2.05) is 0 Å². The first-order valence-electron chi connectivity index (χ1n) is 9.78. The van der Waals surface area contributed by atoms with Crippen LogP contribution in [0.4, 0.5) is 26.3 Å². The molecule has 13 heteroatoms. The Bertz CT molecular complexity index is 1220. The summed E-state index contributed by atoms with van der Waals surface area (Å²) in [5, 5.41) is -0.698. The standard InChI is InChI=1S/C21H13ClF6N2O4/c1-8-6-9-13-10(17(32)29(16(9)31)4-2-20(23,24)25)7-11(22)14-15(13)12(8)18(33)30(19(14)34)5-3-21(26,27)28/h6-7H,2-5H2,1H3. The lowest BCUT2D eigenvalue weighted by Crippen LogP contribution is -2.45. The first kappa shape index (κ1) is 24.0. The Morgan fingerprint density at radius 2 is 1.15 bits per heavy atom. The van der Waals surface area contributed by atoms with Crippen molar-refractivity contribution in [1.29, 1.82) is 0 Å². The molecule has 2 heterocycles. The number of benzene rings is 2. The van der Waals surface area contributed by atoms with E-state index in [4.69, 9.17) is 11.6 Å². The number of alkyl halides is 6. The molecule has 2 aliphatic heterocycles. The molecule has 0 saturated heterocycles. The zero-order valence-electron chi connectivity index (χ0n) is 17.2. The van der Waals surface area contributed by atoms with E-state index < -0.39 is 61.9 Å². The molecular formula is C21H13ClF6N2O4. The topological polar surface area (TPSA) is 74.8 Å². The Kier molecular flexibility index (Phi) is 5.42.